The first-order chi connectivity index (χ1) is 14.3. The van der Waals surface area contributed by atoms with E-state index < -0.39 is 5.82 Å². The lowest BCUT2D eigenvalue weighted by Crippen LogP contribution is -2.51. The number of H-pyrrole nitrogens is 1. The van der Waals surface area contributed by atoms with Crippen LogP contribution in [0, 0.1) is 5.82 Å². The predicted molar refractivity (Wildman–Crippen MR) is 116 cm³/mol. The molecule has 3 aromatic rings. The standard InChI is InChI=1S/C22H26FN5O2/c1-13(27(2)3)22(30)28-10-4-5-15(12-28)25-20-16-7-6-14(23)11-17(16)19-18(26-20)8-9-24-21(19)29/h6-9,11,13,15H,4-5,10,12H2,1-3H3,(H,24,29)(H,25,26)/t13?,15-/m1/s1. The van der Waals surface area contributed by atoms with Crippen LogP contribution >= 0.6 is 0 Å². The fourth-order valence-corrected chi connectivity index (χ4v) is 4.02. The number of halogens is 1. The minimum atomic E-state index is -0.406. The van der Waals surface area contributed by atoms with E-state index in [1.54, 1.807) is 12.1 Å². The minimum absolute atomic E-state index is 0.0252. The average molecular weight is 411 g/mol. The molecule has 1 aliphatic heterocycles. The van der Waals surface area contributed by atoms with Gasteiger partial charge in [-0.2, -0.15) is 0 Å². The number of carbonyl (C=O) groups is 1. The molecule has 4 rings (SSSR count). The van der Waals surface area contributed by atoms with Gasteiger partial charge in [0.1, 0.15) is 11.6 Å². The smallest absolute Gasteiger partial charge is 0.258 e. The molecular formula is C22H26FN5O2. The van der Waals surface area contributed by atoms with Gasteiger partial charge in [-0.15, -0.1) is 0 Å². The Labute approximate surface area is 173 Å². The van der Waals surface area contributed by atoms with Crippen molar-refractivity contribution < 1.29 is 9.18 Å². The fourth-order valence-electron chi connectivity index (χ4n) is 4.02. The number of likely N-dealkylation sites (tertiary alicyclic amines) is 1. The first kappa shape index (κ1) is 20.3. The van der Waals surface area contributed by atoms with Crippen LogP contribution in [0.1, 0.15) is 19.8 Å². The highest BCUT2D eigenvalue weighted by atomic mass is 19.1. The minimum Gasteiger partial charge on any atom is -0.365 e. The number of pyridine rings is 2. The summed E-state index contributed by atoms with van der Waals surface area (Å²) >= 11 is 0. The van der Waals surface area contributed by atoms with Crippen molar-refractivity contribution in [1.82, 2.24) is 19.8 Å². The second-order valence-electron chi connectivity index (χ2n) is 8.12. The first-order valence-electron chi connectivity index (χ1n) is 10.2. The van der Waals surface area contributed by atoms with Crippen LogP contribution in [0.3, 0.4) is 0 Å². The number of piperidine rings is 1. The number of likely N-dealkylation sites (N-methyl/N-ethyl adjacent to an activating group) is 1. The Kier molecular flexibility index (Phi) is 5.42. The molecule has 2 atom stereocenters. The number of aromatic nitrogens is 2. The molecule has 0 radical (unpaired) electrons. The maximum atomic E-state index is 14.0. The van der Waals surface area contributed by atoms with E-state index in [1.165, 1.54) is 18.3 Å². The number of rotatable bonds is 4. The second-order valence-corrected chi connectivity index (χ2v) is 8.12. The van der Waals surface area contributed by atoms with Crippen LogP contribution < -0.4 is 10.9 Å². The van der Waals surface area contributed by atoms with Crippen molar-refractivity contribution in [2.24, 2.45) is 0 Å². The third-order valence-corrected chi connectivity index (χ3v) is 5.88. The highest BCUT2D eigenvalue weighted by Crippen LogP contribution is 2.29. The summed E-state index contributed by atoms with van der Waals surface area (Å²) in [5.74, 6) is 0.302. The molecule has 2 N–H and O–H groups in total. The summed E-state index contributed by atoms with van der Waals surface area (Å²) in [5.41, 5.74) is 0.207. The van der Waals surface area contributed by atoms with E-state index in [2.05, 4.69) is 15.3 Å². The number of amides is 1. The van der Waals surface area contributed by atoms with Crippen LogP contribution in [0.15, 0.2) is 35.3 Å². The lowest BCUT2D eigenvalue weighted by atomic mass is 10.0. The van der Waals surface area contributed by atoms with Crippen molar-refractivity contribution in [3.63, 3.8) is 0 Å². The van der Waals surface area contributed by atoms with Crippen molar-refractivity contribution in [2.75, 3.05) is 32.5 Å². The van der Waals surface area contributed by atoms with E-state index in [9.17, 15) is 14.0 Å². The van der Waals surface area contributed by atoms with E-state index in [1.807, 2.05) is 30.8 Å². The molecule has 30 heavy (non-hydrogen) atoms. The third-order valence-electron chi connectivity index (χ3n) is 5.88. The molecule has 1 unspecified atom stereocenters. The van der Waals surface area contributed by atoms with Crippen LogP contribution in [0.25, 0.3) is 21.7 Å². The van der Waals surface area contributed by atoms with Gasteiger partial charge in [-0.3, -0.25) is 14.5 Å². The molecule has 2 aromatic heterocycles. The van der Waals surface area contributed by atoms with E-state index in [0.29, 0.717) is 34.0 Å². The van der Waals surface area contributed by atoms with E-state index >= 15 is 0 Å². The molecule has 1 amide bonds. The van der Waals surface area contributed by atoms with Gasteiger partial charge in [-0.05, 0) is 58.1 Å². The first-order valence-corrected chi connectivity index (χ1v) is 10.2. The summed E-state index contributed by atoms with van der Waals surface area (Å²) in [6.45, 7) is 3.22. The zero-order chi connectivity index (χ0) is 21.4. The van der Waals surface area contributed by atoms with E-state index in [0.717, 1.165) is 19.4 Å². The Balaban J connectivity index is 1.68. The molecule has 158 valence electrons. The maximum absolute atomic E-state index is 14.0. The molecular weight excluding hydrogens is 385 g/mol. The molecule has 0 bridgehead atoms. The SMILES string of the molecule is CC(C(=O)N1CCC[C@@H](Nc2nc3cc[nH]c(=O)c3c3cc(F)ccc23)C1)N(C)C. The lowest BCUT2D eigenvalue weighted by Gasteiger charge is -2.36. The average Bonchev–Trinajstić information content (AvgIpc) is 2.72. The summed E-state index contributed by atoms with van der Waals surface area (Å²) in [4.78, 5) is 36.2. The van der Waals surface area contributed by atoms with Gasteiger partial charge < -0.3 is 15.2 Å². The maximum Gasteiger partial charge on any atom is 0.258 e. The number of benzene rings is 1. The Hall–Kier alpha value is -3.00. The summed E-state index contributed by atoms with van der Waals surface area (Å²) in [6.07, 6.45) is 3.33. The van der Waals surface area contributed by atoms with Crippen LogP contribution in [-0.4, -0.2) is 64.9 Å². The van der Waals surface area contributed by atoms with Crippen molar-refractivity contribution >= 4 is 33.4 Å². The number of anilines is 1. The summed E-state index contributed by atoms with van der Waals surface area (Å²) < 4.78 is 14.0. The number of nitrogens with one attached hydrogen (secondary N) is 2. The molecule has 0 spiro atoms. The quantitative estimate of drug-likeness (QED) is 0.645. The van der Waals surface area contributed by atoms with Gasteiger partial charge in [-0.1, -0.05) is 0 Å². The predicted octanol–water partition coefficient (Wildman–Crippen LogP) is 2.57. The highest BCUT2D eigenvalue weighted by Gasteiger charge is 2.28. The van der Waals surface area contributed by atoms with E-state index in [4.69, 9.17) is 0 Å². The van der Waals surface area contributed by atoms with Crippen LogP contribution in [0.2, 0.25) is 0 Å². The molecule has 3 heterocycles. The number of aromatic amines is 1. The third kappa shape index (κ3) is 3.75. The van der Waals surface area contributed by atoms with Gasteiger partial charge >= 0.3 is 0 Å². The number of nitrogens with zero attached hydrogens (tertiary/aromatic N) is 3. The van der Waals surface area contributed by atoms with Gasteiger partial charge in [0.25, 0.3) is 5.56 Å². The lowest BCUT2D eigenvalue weighted by molar-refractivity contribution is -0.136. The molecule has 8 heteroatoms. The van der Waals surface area contributed by atoms with Crippen molar-refractivity contribution in [2.45, 2.75) is 31.8 Å². The van der Waals surface area contributed by atoms with E-state index in [-0.39, 0.29) is 23.6 Å². The van der Waals surface area contributed by atoms with Gasteiger partial charge in [-0.25, -0.2) is 9.37 Å². The molecule has 1 aromatic carbocycles. The molecule has 1 fully saturated rings. The van der Waals surface area contributed by atoms with Gasteiger partial charge in [0.15, 0.2) is 0 Å². The molecule has 1 saturated heterocycles. The van der Waals surface area contributed by atoms with Crippen LogP contribution in [0.5, 0.6) is 0 Å². The number of hydrogen-bond acceptors (Lipinski definition) is 5. The monoisotopic (exact) mass is 411 g/mol. The zero-order valence-electron chi connectivity index (χ0n) is 17.4. The van der Waals surface area contributed by atoms with Crippen LogP contribution in [-0.2, 0) is 4.79 Å². The fraction of sp³-hybridized carbons (Fsp3) is 0.409. The zero-order valence-corrected chi connectivity index (χ0v) is 17.4. The molecule has 0 aliphatic carbocycles. The summed E-state index contributed by atoms with van der Waals surface area (Å²) in [5, 5.41) is 5.04. The Bertz CT molecular complexity index is 1160. The normalized spacial score (nSPS) is 18.2. The summed E-state index contributed by atoms with van der Waals surface area (Å²) in [7, 11) is 3.79. The van der Waals surface area contributed by atoms with Crippen molar-refractivity contribution in [3.05, 3.63) is 46.6 Å². The van der Waals surface area contributed by atoms with Crippen molar-refractivity contribution in [3.8, 4) is 0 Å². The second kappa shape index (κ2) is 8.02. The number of hydrogen-bond donors (Lipinski definition) is 2. The Morgan fingerprint density at radius 1 is 1.33 bits per heavy atom. The van der Waals surface area contributed by atoms with Crippen molar-refractivity contribution in [1.29, 1.82) is 0 Å². The number of fused-ring (bicyclic) bond motifs is 3. The van der Waals surface area contributed by atoms with Crippen LogP contribution in [0.4, 0.5) is 10.2 Å². The topological polar surface area (TPSA) is 81.3 Å². The highest BCUT2D eigenvalue weighted by molar-refractivity contribution is 6.09. The number of carbonyl (C=O) groups excluding carboxylic acids is 1. The Morgan fingerprint density at radius 3 is 2.90 bits per heavy atom. The van der Waals surface area contributed by atoms with Gasteiger partial charge in [0, 0.05) is 36.1 Å². The van der Waals surface area contributed by atoms with Gasteiger partial charge in [0.2, 0.25) is 5.91 Å². The molecule has 1 aliphatic rings. The van der Waals surface area contributed by atoms with Gasteiger partial charge in [0.05, 0.1) is 16.9 Å². The molecule has 7 nitrogen and oxygen atoms in total. The largest absolute Gasteiger partial charge is 0.365 e. The Morgan fingerprint density at radius 2 is 2.13 bits per heavy atom. The summed E-state index contributed by atoms with van der Waals surface area (Å²) in [6, 6.07) is 5.94. The molecule has 0 saturated carbocycles.